The minimum absolute atomic E-state index is 0.388. The van der Waals surface area contributed by atoms with Crippen LogP contribution < -0.4 is 5.46 Å². The van der Waals surface area contributed by atoms with E-state index in [9.17, 15) is 23.4 Å². The van der Waals surface area contributed by atoms with E-state index in [0.29, 0.717) is 11.0 Å². The van der Waals surface area contributed by atoms with Gasteiger partial charge in [-0.05, 0) is 52.6 Å². The van der Waals surface area contributed by atoms with E-state index in [2.05, 4.69) is 0 Å². The Hall–Kier alpha value is -1.09. The molecule has 0 saturated carbocycles. The SMILES string of the molecule is Cc1ccc(C(O)(C(C)O)C(F)(F)F)cc1B1OC(C)(C)C(C)(C)O1. The zero-order valence-corrected chi connectivity index (χ0v) is 15.2. The maximum absolute atomic E-state index is 13.4. The lowest BCUT2D eigenvalue weighted by Gasteiger charge is -2.34. The fraction of sp³-hybridized carbons (Fsp3) is 0.647. The number of hydrogen-bond acceptors (Lipinski definition) is 4. The van der Waals surface area contributed by atoms with E-state index in [-0.39, 0.29) is 0 Å². The predicted molar refractivity (Wildman–Crippen MR) is 88.5 cm³/mol. The summed E-state index contributed by atoms with van der Waals surface area (Å²) in [7, 11) is -0.864. The molecule has 0 aromatic heterocycles. The smallest absolute Gasteiger partial charge is 0.399 e. The zero-order chi connectivity index (χ0) is 19.4. The Morgan fingerprint density at radius 3 is 1.96 bits per heavy atom. The first kappa shape index (κ1) is 20.2. The number of aliphatic hydroxyl groups is 2. The fourth-order valence-corrected chi connectivity index (χ4v) is 2.74. The molecule has 1 aromatic carbocycles. The highest BCUT2D eigenvalue weighted by Gasteiger charge is 2.59. The molecule has 1 heterocycles. The van der Waals surface area contributed by atoms with Gasteiger partial charge in [-0.3, -0.25) is 0 Å². The van der Waals surface area contributed by atoms with Gasteiger partial charge >= 0.3 is 13.3 Å². The Kier molecular flexibility index (Phi) is 4.84. The van der Waals surface area contributed by atoms with Crippen LogP contribution in [0.4, 0.5) is 13.2 Å². The van der Waals surface area contributed by atoms with E-state index in [1.807, 2.05) is 27.7 Å². The monoisotopic (exact) mass is 360 g/mol. The first-order valence-corrected chi connectivity index (χ1v) is 8.07. The molecule has 1 aromatic rings. The molecule has 1 aliphatic rings. The number of benzene rings is 1. The number of rotatable bonds is 3. The summed E-state index contributed by atoms with van der Waals surface area (Å²) in [5.41, 5.74) is -4.07. The van der Waals surface area contributed by atoms with Crippen LogP contribution in [0.5, 0.6) is 0 Å². The lowest BCUT2D eigenvalue weighted by molar-refractivity contribution is -0.295. The molecule has 8 heteroatoms. The molecule has 2 rings (SSSR count). The molecule has 1 fully saturated rings. The molecule has 0 radical (unpaired) electrons. The molecule has 0 aliphatic carbocycles. The molecule has 25 heavy (non-hydrogen) atoms. The van der Waals surface area contributed by atoms with E-state index in [1.54, 1.807) is 6.92 Å². The predicted octanol–water partition coefficient (Wildman–Crippen LogP) is 2.42. The van der Waals surface area contributed by atoms with Crippen LogP contribution in [0, 0.1) is 6.92 Å². The van der Waals surface area contributed by atoms with Crippen molar-refractivity contribution in [3.05, 3.63) is 29.3 Å². The van der Waals surface area contributed by atoms with Gasteiger partial charge in [-0.1, -0.05) is 23.8 Å². The summed E-state index contributed by atoms with van der Waals surface area (Å²) in [6.07, 6.45) is -7.08. The van der Waals surface area contributed by atoms with Crippen LogP contribution in [-0.4, -0.2) is 40.8 Å². The van der Waals surface area contributed by atoms with Gasteiger partial charge in [-0.25, -0.2) is 0 Å². The van der Waals surface area contributed by atoms with Crippen molar-refractivity contribution in [2.45, 2.75) is 70.6 Å². The average molecular weight is 360 g/mol. The maximum Gasteiger partial charge on any atom is 0.495 e. The summed E-state index contributed by atoms with van der Waals surface area (Å²) in [6.45, 7) is 9.99. The lowest BCUT2D eigenvalue weighted by atomic mass is 9.73. The van der Waals surface area contributed by atoms with Crippen LogP contribution in [0.3, 0.4) is 0 Å². The highest BCUT2D eigenvalue weighted by Crippen LogP contribution is 2.42. The Labute approximate surface area is 146 Å². The van der Waals surface area contributed by atoms with Crippen LogP contribution in [0.25, 0.3) is 0 Å². The van der Waals surface area contributed by atoms with Crippen molar-refractivity contribution in [2.24, 2.45) is 0 Å². The molecule has 4 nitrogen and oxygen atoms in total. The quantitative estimate of drug-likeness (QED) is 0.813. The standard InChI is InChI=1S/C17H24BF3O4/c1-10-7-8-12(16(23,11(2)22)17(19,20)21)9-13(10)18-24-14(3,4)15(5,6)25-18/h7-9,11,22-23H,1-6H3. The van der Waals surface area contributed by atoms with E-state index < -0.39 is 41.8 Å². The molecule has 1 aliphatic heterocycles. The summed E-state index contributed by atoms with van der Waals surface area (Å²) in [5.74, 6) is 0. The van der Waals surface area contributed by atoms with Gasteiger partial charge in [0.25, 0.3) is 0 Å². The minimum Gasteiger partial charge on any atom is -0.399 e. The molecule has 1 saturated heterocycles. The second kappa shape index (κ2) is 5.98. The Morgan fingerprint density at radius 2 is 1.56 bits per heavy atom. The third kappa shape index (κ3) is 3.21. The van der Waals surface area contributed by atoms with Crippen LogP contribution in [-0.2, 0) is 14.9 Å². The Morgan fingerprint density at radius 1 is 1.08 bits per heavy atom. The first-order valence-electron chi connectivity index (χ1n) is 8.07. The second-order valence-corrected chi connectivity index (χ2v) is 7.60. The molecule has 0 bridgehead atoms. The van der Waals surface area contributed by atoms with Gasteiger partial charge < -0.3 is 19.5 Å². The van der Waals surface area contributed by atoms with Gasteiger partial charge in [0.15, 0.2) is 0 Å². The normalized spacial score (nSPS) is 23.4. The van der Waals surface area contributed by atoms with Crippen molar-refractivity contribution in [3.8, 4) is 0 Å². The molecular formula is C17H24BF3O4. The lowest BCUT2D eigenvalue weighted by Crippen LogP contribution is -2.51. The van der Waals surface area contributed by atoms with Gasteiger partial charge in [0.05, 0.1) is 17.3 Å². The van der Waals surface area contributed by atoms with Crippen molar-refractivity contribution in [1.82, 2.24) is 0 Å². The van der Waals surface area contributed by atoms with Gasteiger partial charge in [0.2, 0.25) is 5.60 Å². The molecule has 0 amide bonds. The van der Waals surface area contributed by atoms with Crippen LogP contribution in [0.2, 0.25) is 0 Å². The van der Waals surface area contributed by atoms with Gasteiger partial charge in [0.1, 0.15) is 0 Å². The minimum atomic E-state index is -5.04. The number of alkyl halides is 3. The number of hydrogen-bond donors (Lipinski definition) is 2. The fourth-order valence-electron chi connectivity index (χ4n) is 2.74. The topological polar surface area (TPSA) is 58.9 Å². The summed E-state index contributed by atoms with van der Waals surface area (Å²) in [6, 6.07) is 3.80. The highest BCUT2D eigenvalue weighted by molar-refractivity contribution is 6.62. The van der Waals surface area contributed by atoms with Crippen molar-refractivity contribution in [3.63, 3.8) is 0 Å². The van der Waals surface area contributed by atoms with Crippen LogP contribution >= 0.6 is 0 Å². The third-order valence-electron chi connectivity index (χ3n) is 5.26. The molecular weight excluding hydrogens is 336 g/mol. The molecule has 140 valence electrons. The van der Waals surface area contributed by atoms with Crippen LogP contribution in [0.1, 0.15) is 45.7 Å². The van der Waals surface area contributed by atoms with E-state index in [0.717, 1.165) is 13.0 Å². The zero-order valence-electron chi connectivity index (χ0n) is 15.2. The third-order valence-corrected chi connectivity index (χ3v) is 5.26. The van der Waals surface area contributed by atoms with E-state index in [4.69, 9.17) is 9.31 Å². The number of aliphatic hydroxyl groups excluding tert-OH is 1. The largest absolute Gasteiger partial charge is 0.495 e. The Balaban J connectivity index is 2.53. The van der Waals surface area contributed by atoms with Crippen molar-refractivity contribution >= 4 is 12.6 Å². The van der Waals surface area contributed by atoms with Gasteiger partial charge in [-0.2, -0.15) is 13.2 Å². The molecule has 0 spiro atoms. The number of aryl methyl sites for hydroxylation is 1. The second-order valence-electron chi connectivity index (χ2n) is 7.60. The molecule has 2 atom stereocenters. The van der Waals surface area contributed by atoms with Crippen LogP contribution in [0.15, 0.2) is 18.2 Å². The summed E-state index contributed by atoms with van der Waals surface area (Å²) in [5, 5.41) is 19.8. The molecule has 2 N–H and O–H groups in total. The van der Waals surface area contributed by atoms with Crippen molar-refractivity contribution in [2.75, 3.05) is 0 Å². The first-order chi connectivity index (χ1) is 11.1. The summed E-state index contributed by atoms with van der Waals surface area (Å²) < 4.78 is 52.1. The average Bonchev–Trinajstić information content (AvgIpc) is 2.65. The highest BCUT2D eigenvalue weighted by atomic mass is 19.4. The number of halogens is 3. The van der Waals surface area contributed by atoms with Gasteiger partial charge in [-0.15, -0.1) is 0 Å². The van der Waals surface area contributed by atoms with E-state index in [1.165, 1.54) is 12.1 Å². The summed E-state index contributed by atoms with van der Waals surface area (Å²) in [4.78, 5) is 0. The van der Waals surface area contributed by atoms with Gasteiger partial charge in [0, 0.05) is 0 Å². The van der Waals surface area contributed by atoms with Crippen molar-refractivity contribution in [1.29, 1.82) is 0 Å². The van der Waals surface area contributed by atoms with E-state index >= 15 is 0 Å². The summed E-state index contributed by atoms with van der Waals surface area (Å²) >= 11 is 0. The molecule has 2 unspecified atom stereocenters. The Bertz CT molecular complexity index is 642. The van der Waals surface area contributed by atoms with Crippen molar-refractivity contribution < 1.29 is 32.7 Å². The maximum atomic E-state index is 13.4.